The van der Waals surface area contributed by atoms with E-state index >= 15 is 0 Å². The van der Waals surface area contributed by atoms with E-state index < -0.39 is 0 Å². The molecule has 5 heteroatoms. The van der Waals surface area contributed by atoms with Crippen molar-refractivity contribution in [1.29, 1.82) is 0 Å². The Morgan fingerprint density at radius 2 is 2.00 bits per heavy atom. The molecule has 0 bridgehead atoms. The molecule has 2 rings (SSSR count). The highest BCUT2D eigenvalue weighted by Gasteiger charge is 2.23. The Morgan fingerprint density at radius 3 is 2.65 bits per heavy atom. The van der Waals surface area contributed by atoms with E-state index in [4.69, 9.17) is 9.47 Å². The fourth-order valence-electron chi connectivity index (χ4n) is 2.48. The molecule has 2 atom stereocenters. The van der Waals surface area contributed by atoms with Crippen molar-refractivity contribution in [2.75, 3.05) is 19.5 Å². The number of ether oxygens (including phenoxy) is 2. The van der Waals surface area contributed by atoms with Crippen molar-refractivity contribution in [1.82, 2.24) is 9.97 Å². The van der Waals surface area contributed by atoms with E-state index in [1.165, 1.54) is 0 Å². The Balaban J connectivity index is 2.09. The molecule has 1 N–H and O–H groups in total. The van der Waals surface area contributed by atoms with Crippen LogP contribution in [0.3, 0.4) is 0 Å². The third kappa shape index (κ3) is 3.82. The molecule has 1 fully saturated rings. The standard InChI is InChI=1S/C15H25N3O2/c1-10(2)15-17-13(16-3)9-14(18-15)20-12-7-5-6-11(8-12)19-4/h9-12H,5-8H2,1-4H3,(H,16,17,18). The lowest BCUT2D eigenvalue weighted by Crippen LogP contribution is -2.29. The molecule has 0 spiro atoms. The van der Waals surface area contributed by atoms with E-state index in [1.54, 1.807) is 7.11 Å². The smallest absolute Gasteiger partial charge is 0.219 e. The molecular formula is C15H25N3O2. The van der Waals surface area contributed by atoms with E-state index in [1.807, 2.05) is 13.1 Å². The molecular weight excluding hydrogens is 254 g/mol. The molecule has 1 aromatic rings. The zero-order chi connectivity index (χ0) is 14.5. The molecule has 1 aliphatic rings. The molecule has 1 heterocycles. The first kappa shape index (κ1) is 15.0. The first-order chi connectivity index (χ1) is 9.62. The molecule has 5 nitrogen and oxygen atoms in total. The summed E-state index contributed by atoms with van der Waals surface area (Å²) in [7, 11) is 3.63. The van der Waals surface area contributed by atoms with Gasteiger partial charge in [-0.25, -0.2) is 4.98 Å². The molecule has 0 aliphatic heterocycles. The predicted molar refractivity (Wildman–Crippen MR) is 79.3 cm³/mol. The topological polar surface area (TPSA) is 56.3 Å². The summed E-state index contributed by atoms with van der Waals surface area (Å²) in [6.07, 6.45) is 4.77. The van der Waals surface area contributed by atoms with Crippen molar-refractivity contribution < 1.29 is 9.47 Å². The lowest BCUT2D eigenvalue weighted by atomic mass is 9.95. The van der Waals surface area contributed by atoms with Gasteiger partial charge in [0.05, 0.1) is 6.10 Å². The van der Waals surface area contributed by atoms with Crippen molar-refractivity contribution in [2.24, 2.45) is 0 Å². The zero-order valence-corrected chi connectivity index (χ0v) is 12.8. The fourth-order valence-corrected chi connectivity index (χ4v) is 2.48. The van der Waals surface area contributed by atoms with Gasteiger partial charge in [-0.05, 0) is 19.3 Å². The summed E-state index contributed by atoms with van der Waals surface area (Å²) in [5.41, 5.74) is 0. The summed E-state index contributed by atoms with van der Waals surface area (Å²) in [5, 5.41) is 3.06. The van der Waals surface area contributed by atoms with Gasteiger partial charge in [0.1, 0.15) is 17.7 Å². The third-order valence-corrected chi connectivity index (χ3v) is 3.69. The van der Waals surface area contributed by atoms with Crippen molar-refractivity contribution in [3.63, 3.8) is 0 Å². The van der Waals surface area contributed by atoms with Crippen LogP contribution < -0.4 is 10.1 Å². The van der Waals surface area contributed by atoms with E-state index in [2.05, 4.69) is 29.1 Å². The van der Waals surface area contributed by atoms with Crippen LogP contribution in [0.15, 0.2) is 6.07 Å². The average molecular weight is 279 g/mol. The highest BCUT2D eigenvalue weighted by Crippen LogP contribution is 2.26. The highest BCUT2D eigenvalue weighted by molar-refractivity contribution is 5.38. The van der Waals surface area contributed by atoms with Gasteiger partial charge in [-0.1, -0.05) is 13.8 Å². The van der Waals surface area contributed by atoms with Crippen LogP contribution in [0.4, 0.5) is 5.82 Å². The molecule has 0 amide bonds. The molecule has 0 saturated heterocycles. The largest absolute Gasteiger partial charge is 0.474 e. The normalized spacial score (nSPS) is 22.9. The van der Waals surface area contributed by atoms with Crippen LogP contribution in [0.1, 0.15) is 51.3 Å². The highest BCUT2D eigenvalue weighted by atomic mass is 16.5. The quantitative estimate of drug-likeness (QED) is 0.898. The maximum absolute atomic E-state index is 6.05. The molecule has 112 valence electrons. The molecule has 2 unspecified atom stereocenters. The Hall–Kier alpha value is -1.36. The number of rotatable bonds is 5. The number of methoxy groups -OCH3 is 1. The number of hydrogen-bond acceptors (Lipinski definition) is 5. The average Bonchev–Trinajstić information content (AvgIpc) is 2.47. The van der Waals surface area contributed by atoms with Gasteiger partial charge in [0.2, 0.25) is 5.88 Å². The van der Waals surface area contributed by atoms with Crippen molar-refractivity contribution in [2.45, 2.75) is 57.7 Å². The summed E-state index contributed by atoms with van der Waals surface area (Å²) in [4.78, 5) is 8.96. The molecule has 1 aromatic heterocycles. The summed E-state index contributed by atoms with van der Waals surface area (Å²) < 4.78 is 11.5. The molecule has 0 aromatic carbocycles. The Kier molecular flexibility index (Phi) is 5.17. The van der Waals surface area contributed by atoms with Crippen LogP contribution in [0.5, 0.6) is 5.88 Å². The second-order valence-electron chi connectivity index (χ2n) is 5.62. The fraction of sp³-hybridized carbons (Fsp3) is 0.733. The van der Waals surface area contributed by atoms with E-state index in [-0.39, 0.29) is 12.0 Å². The Bertz CT molecular complexity index is 437. The van der Waals surface area contributed by atoms with Crippen LogP contribution in [0.25, 0.3) is 0 Å². The minimum atomic E-state index is 0.188. The summed E-state index contributed by atoms with van der Waals surface area (Å²) >= 11 is 0. The van der Waals surface area contributed by atoms with Crippen LogP contribution in [-0.2, 0) is 4.74 Å². The maximum Gasteiger partial charge on any atom is 0.219 e. The lowest BCUT2D eigenvalue weighted by molar-refractivity contribution is 0.0194. The van der Waals surface area contributed by atoms with Crippen LogP contribution in [0, 0.1) is 0 Å². The second-order valence-corrected chi connectivity index (χ2v) is 5.62. The van der Waals surface area contributed by atoms with E-state index in [0.717, 1.165) is 37.3 Å². The number of hydrogen-bond donors (Lipinski definition) is 1. The number of aromatic nitrogens is 2. The minimum Gasteiger partial charge on any atom is -0.474 e. The molecule has 0 radical (unpaired) electrons. The maximum atomic E-state index is 6.05. The van der Waals surface area contributed by atoms with Gasteiger partial charge >= 0.3 is 0 Å². The van der Waals surface area contributed by atoms with Crippen molar-refractivity contribution in [3.8, 4) is 5.88 Å². The number of nitrogens with one attached hydrogen (secondary N) is 1. The van der Waals surface area contributed by atoms with Crippen LogP contribution >= 0.6 is 0 Å². The predicted octanol–water partition coefficient (Wildman–Crippen LogP) is 2.98. The molecule has 20 heavy (non-hydrogen) atoms. The van der Waals surface area contributed by atoms with Gasteiger partial charge in [0.15, 0.2) is 0 Å². The summed E-state index contributed by atoms with van der Waals surface area (Å²) in [6.45, 7) is 4.17. The van der Waals surface area contributed by atoms with E-state index in [0.29, 0.717) is 12.0 Å². The third-order valence-electron chi connectivity index (χ3n) is 3.69. The van der Waals surface area contributed by atoms with Gasteiger partial charge < -0.3 is 14.8 Å². The van der Waals surface area contributed by atoms with Gasteiger partial charge in [0, 0.05) is 32.6 Å². The second kappa shape index (κ2) is 6.88. The van der Waals surface area contributed by atoms with E-state index in [9.17, 15) is 0 Å². The SMILES string of the molecule is CNc1cc(OC2CCCC(OC)C2)nc(C(C)C)n1. The lowest BCUT2D eigenvalue weighted by Gasteiger charge is -2.28. The molecule has 1 aliphatic carbocycles. The summed E-state index contributed by atoms with van der Waals surface area (Å²) in [5.74, 6) is 2.56. The summed E-state index contributed by atoms with van der Waals surface area (Å²) in [6, 6.07) is 1.86. The monoisotopic (exact) mass is 279 g/mol. The molecule has 1 saturated carbocycles. The van der Waals surface area contributed by atoms with Gasteiger partial charge in [0.25, 0.3) is 0 Å². The first-order valence-corrected chi connectivity index (χ1v) is 7.38. The number of anilines is 1. The van der Waals surface area contributed by atoms with Crippen LogP contribution in [-0.4, -0.2) is 36.3 Å². The zero-order valence-electron chi connectivity index (χ0n) is 12.8. The van der Waals surface area contributed by atoms with Gasteiger partial charge in [-0.3, -0.25) is 0 Å². The van der Waals surface area contributed by atoms with Crippen molar-refractivity contribution >= 4 is 5.82 Å². The Labute approximate surface area is 121 Å². The van der Waals surface area contributed by atoms with Gasteiger partial charge in [-0.15, -0.1) is 0 Å². The number of nitrogens with zero attached hydrogens (tertiary/aromatic N) is 2. The van der Waals surface area contributed by atoms with Gasteiger partial charge in [-0.2, -0.15) is 4.98 Å². The van der Waals surface area contributed by atoms with Crippen molar-refractivity contribution in [3.05, 3.63) is 11.9 Å². The van der Waals surface area contributed by atoms with Crippen LogP contribution in [0.2, 0.25) is 0 Å². The Morgan fingerprint density at radius 1 is 1.25 bits per heavy atom. The minimum absolute atomic E-state index is 0.188. The first-order valence-electron chi connectivity index (χ1n) is 7.38.